The molecular weight excluding hydrogens is 248 g/mol. The summed E-state index contributed by atoms with van der Waals surface area (Å²) in [5.74, 6) is 0.234. The minimum atomic E-state index is -0.480. The quantitative estimate of drug-likeness (QED) is 0.799. The molecule has 3 rings (SSSR count). The van der Waals surface area contributed by atoms with Crippen LogP contribution in [0.2, 0.25) is 0 Å². The van der Waals surface area contributed by atoms with Crippen LogP contribution in [-0.2, 0) is 4.79 Å². The van der Waals surface area contributed by atoms with E-state index in [1.54, 1.807) is 24.3 Å². The third kappa shape index (κ3) is 1.85. The Morgan fingerprint density at radius 3 is 2.89 bits per heavy atom. The summed E-state index contributed by atoms with van der Waals surface area (Å²) in [6, 6.07) is 6.42. The minimum absolute atomic E-state index is 0.240. The lowest BCUT2D eigenvalue weighted by Crippen LogP contribution is -2.50. The number of anilines is 1. The number of amides is 3. The van der Waals surface area contributed by atoms with E-state index >= 15 is 0 Å². The molecule has 0 aromatic carbocycles. The summed E-state index contributed by atoms with van der Waals surface area (Å²) in [7, 11) is 0. The molecule has 7 heteroatoms. The lowest BCUT2D eigenvalue weighted by molar-refractivity contribution is -0.120. The predicted octanol–water partition coefficient (Wildman–Crippen LogP) is 0.593. The highest BCUT2D eigenvalue weighted by atomic mass is 16.2. The standard InChI is InChI=1S/C12H10N4O3/c17-7-8-6-9-2-1-3-11(16(9)14-8)15-5-4-10(18)13-12(15)19/h1-3,6-7H,4-5H2,(H,13,18,19). The van der Waals surface area contributed by atoms with Gasteiger partial charge >= 0.3 is 6.03 Å². The second-order valence-electron chi connectivity index (χ2n) is 4.16. The van der Waals surface area contributed by atoms with Gasteiger partial charge in [0.05, 0.1) is 5.52 Å². The first kappa shape index (κ1) is 11.4. The maximum atomic E-state index is 11.8. The lowest BCUT2D eigenvalue weighted by atomic mass is 10.3. The van der Waals surface area contributed by atoms with Gasteiger partial charge in [-0.3, -0.25) is 19.8 Å². The van der Waals surface area contributed by atoms with Gasteiger partial charge in [0.2, 0.25) is 5.91 Å². The number of rotatable bonds is 2. The number of hydrogen-bond donors (Lipinski definition) is 1. The van der Waals surface area contributed by atoms with Gasteiger partial charge in [-0.25, -0.2) is 9.31 Å². The summed E-state index contributed by atoms with van der Waals surface area (Å²) in [4.78, 5) is 35.1. The molecule has 0 aliphatic carbocycles. The number of fused-ring (bicyclic) bond motifs is 1. The molecule has 0 radical (unpaired) electrons. The van der Waals surface area contributed by atoms with Crippen LogP contribution in [0.1, 0.15) is 16.9 Å². The first-order valence-electron chi connectivity index (χ1n) is 5.74. The topological polar surface area (TPSA) is 83.8 Å². The van der Waals surface area contributed by atoms with Crippen LogP contribution in [0.25, 0.3) is 5.52 Å². The first-order chi connectivity index (χ1) is 9.19. The van der Waals surface area contributed by atoms with Gasteiger partial charge in [-0.15, -0.1) is 0 Å². The van der Waals surface area contributed by atoms with E-state index in [0.717, 1.165) is 0 Å². The number of aldehydes is 1. The minimum Gasteiger partial charge on any atom is -0.296 e. The number of nitrogens with zero attached hydrogens (tertiary/aromatic N) is 3. The fraction of sp³-hybridized carbons (Fsp3) is 0.167. The van der Waals surface area contributed by atoms with Crippen molar-refractivity contribution < 1.29 is 14.4 Å². The Morgan fingerprint density at radius 2 is 2.16 bits per heavy atom. The highest BCUT2D eigenvalue weighted by molar-refractivity contribution is 6.05. The second kappa shape index (κ2) is 4.20. The van der Waals surface area contributed by atoms with Gasteiger partial charge in [-0.2, -0.15) is 5.10 Å². The predicted molar refractivity (Wildman–Crippen MR) is 66.1 cm³/mol. The smallest absolute Gasteiger partial charge is 0.296 e. The number of hydrogen-bond acceptors (Lipinski definition) is 4. The van der Waals surface area contributed by atoms with Gasteiger partial charge in [0.15, 0.2) is 6.29 Å². The molecule has 0 atom stereocenters. The van der Waals surface area contributed by atoms with Crippen LogP contribution in [0.3, 0.4) is 0 Å². The normalized spacial score (nSPS) is 15.7. The molecule has 2 aromatic rings. The summed E-state index contributed by atoms with van der Waals surface area (Å²) in [5.41, 5.74) is 1.00. The van der Waals surface area contributed by atoms with E-state index in [4.69, 9.17) is 0 Å². The first-order valence-corrected chi connectivity index (χ1v) is 5.74. The number of carbonyl (C=O) groups excluding carboxylic acids is 3. The van der Waals surface area contributed by atoms with Crippen LogP contribution >= 0.6 is 0 Å². The molecule has 96 valence electrons. The van der Waals surface area contributed by atoms with Gasteiger partial charge in [0.1, 0.15) is 11.5 Å². The molecule has 1 aliphatic heterocycles. The molecule has 0 bridgehead atoms. The Hall–Kier alpha value is -2.70. The molecule has 1 N–H and O–H groups in total. The van der Waals surface area contributed by atoms with Crippen molar-refractivity contribution in [2.24, 2.45) is 0 Å². The van der Waals surface area contributed by atoms with E-state index in [-0.39, 0.29) is 12.3 Å². The molecular formula is C12H10N4O3. The molecule has 19 heavy (non-hydrogen) atoms. The lowest BCUT2D eigenvalue weighted by Gasteiger charge is -2.26. The fourth-order valence-electron chi connectivity index (χ4n) is 2.06. The van der Waals surface area contributed by atoms with E-state index in [0.29, 0.717) is 29.9 Å². The number of pyridine rings is 1. The number of nitrogens with one attached hydrogen (secondary N) is 1. The highest BCUT2D eigenvalue weighted by Gasteiger charge is 2.26. The van der Waals surface area contributed by atoms with Crippen molar-refractivity contribution >= 4 is 29.6 Å². The van der Waals surface area contributed by atoms with Crippen LogP contribution in [0.5, 0.6) is 0 Å². The van der Waals surface area contributed by atoms with Crippen LogP contribution in [0.15, 0.2) is 24.3 Å². The summed E-state index contributed by atoms with van der Waals surface area (Å²) in [6.45, 7) is 0.292. The zero-order valence-electron chi connectivity index (χ0n) is 9.87. The van der Waals surface area contributed by atoms with Crippen molar-refractivity contribution in [3.8, 4) is 0 Å². The highest BCUT2D eigenvalue weighted by Crippen LogP contribution is 2.19. The fourth-order valence-corrected chi connectivity index (χ4v) is 2.06. The van der Waals surface area contributed by atoms with Crippen molar-refractivity contribution in [2.45, 2.75) is 6.42 Å². The maximum absolute atomic E-state index is 11.8. The van der Waals surface area contributed by atoms with E-state index in [1.807, 2.05) is 0 Å². The Balaban J connectivity index is 2.09. The zero-order chi connectivity index (χ0) is 13.4. The van der Waals surface area contributed by atoms with Crippen LogP contribution in [0.4, 0.5) is 10.6 Å². The molecule has 0 spiro atoms. The molecule has 3 heterocycles. The summed E-state index contributed by atoms with van der Waals surface area (Å²) < 4.78 is 1.51. The second-order valence-corrected chi connectivity index (χ2v) is 4.16. The van der Waals surface area contributed by atoms with Gasteiger partial charge in [0, 0.05) is 13.0 Å². The van der Waals surface area contributed by atoms with E-state index in [1.165, 1.54) is 9.42 Å². The van der Waals surface area contributed by atoms with Crippen LogP contribution in [0, 0.1) is 0 Å². The monoisotopic (exact) mass is 258 g/mol. The molecule has 0 saturated carbocycles. The summed E-state index contributed by atoms with van der Waals surface area (Å²) in [6.07, 6.45) is 0.889. The number of urea groups is 1. The van der Waals surface area contributed by atoms with E-state index in [9.17, 15) is 14.4 Å². The molecule has 7 nitrogen and oxygen atoms in total. The average Bonchev–Trinajstić information content (AvgIpc) is 2.82. The van der Waals surface area contributed by atoms with Gasteiger partial charge < -0.3 is 0 Å². The third-order valence-corrected chi connectivity index (χ3v) is 2.94. The Bertz CT molecular complexity index is 691. The Kier molecular flexibility index (Phi) is 2.52. The van der Waals surface area contributed by atoms with Crippen molar-refractivity contribution in [1.29, 1.82) is 0 Å². The molecule has 1 saturated heterocycles. The third-order valence-electron chi connectivity index (χ3n) is 2.94. The van der Waals surface area contributed by atoms with Crippen molar-refractivity contribution in [3.05, 3.63) is 30.0 Å². The van der Waals surface area contributed by atoms with Gasteiger partial charge in [0.25, 0.3) is 0 Å². The molecule has 1 fully saturated rings. The number of carbonyl (C=O) groups is 3. The van der Waals surface area contributed by atoms with E-state index in [2.05, 4.69) is 10.4 Å². The number of aromatic nitrogens is 2. The van der Waals surface area contributed by atoms with Crippen molar-refractivity contribution in [2.75, 3.05) is 11.4 Å². The van der Waals surface area contributed by atoms with E-state index < -0.39 is 6.03 Å². The summed E-state index contributed by atoms with van der Waals surface area (Å²) in [5, 5.41) is 6.35. The van der Waals surface area contributed by atoms with Crippen molar-refractivity contribution in [1.82, 2.24) is 14.9 Å². The largest absolute Gasteiger partial charge is 0.329 e. The van der Waals surface area contributed by atoms with Crippen molar-refractivity contribution in [3.63, 3.8) is 0 Å². The molecule has 2 aromatic heterocycles. The number of imide groups is 1. The molecule has 0 unspecified atom stereocenters. The molecule has 3 amide bonds. The van der Waals surface area contributed by atoms with Gasteiger partial charge in [-0.05, 0) is 18.2 Å². The Labute approximate surface area is 107 Å². The zero-order valence-corrected chi connectivity index (χ0v) is 9.87. The maximum Gasteiger partial charge on any atom is 0.329 e. The Morgan fingerprint density at radius 1 is 1.32 bits per heavy atom. The summed E-state index contributed by atoms with van der Waals surface area (Å²) >= 11 is 0. The SMILES string of the molecule is O=Cc1cc2cccc(N3CCC(=O)NC3=O)n2n1. The van der Waals surface area contributed by atoms with Crippen LogP contribution < -0.4 is 10.2 Å². The van der Waals surface area contributed by atoms with Gasteiger partial charge in [-0.1, -0.05) is 6.07 Å². The van der Waals surface area contributed by atoms with Crippen LogP contribution in [-0.4, -0.2) is 34.4 Å². The molecule has 1 aliphatic rings. The average molecular weight is 258 g/mol.